The second-order valence-electron chi connectivity index (χ2n) is 5.18. The average molecular weight is 323 g/mol. The Labute approximate surface area is 130 Å². The molecule has 22 heavy (non-hydrogen) atoms. The van der Waals surface area contributed by atoms with E-state index >= 15 is 0 Å². The van der Waals surface area contributed by atoms with Crippen LogP contribution in [-0.2, 0) is 13.1 Å². The molecule has 0 spiro atoms. The van der Waals surface area contributed by atoms with E-state index in [4.69, 9.17) is 10.8 Å². The van der Waals surface area contributed by atoms with Crippen LogP contribution in [0.1, 0.15) is 34.3 Å². The maximum Gasteiger partial charge on any atom is 0.258 e. The van der Waals surface area contributed by atoms with Gasteiger partial charge in [-0.25, -0.2) is 0 Å². The van der Waals surface area contributed by atoms with Gasteiger partial charge in [0.05, 0.1) is 30.1 Å². The van der Waals surface area contributed by atoms with Gasteiger partial charge in [-0.3, -0.25) is 9.48 Å². The molecule has 0 fully saturated rings. The SMILES string of the molecule is Nc1nscc1C(=O)N1CCCn2nc(C(O)CO)cc2C1. The summed E-state index contributed by atoms with van der Waals surface area (Å²) < 4.78 is 5.71. The molecular weight excluding hydrogens is 306 g/mol. The number of aliphatic hydroxyl groups excluding tert-OH is 2. The maximum absolute atomic E-state index is 12.5. The van der Waals surface area contributed by atoms with Crippen LogP contribution >= 0.6 is 11.5 Å². The summed E-state index contributed by atoms with van der Waals surface area (Å²) in [5.41, 5.74) is 7.39. The number of amides is 1. The molecule has 0 saturated carbocycles. The molecule has 8 nitrogen and oxygen atoms in total. The number of fused-ring (bicyclic) bond motifs is 1. The van der Waals surface area contributed by atoms with Crippen molar-refractivity contribution >= 4 is 23.3 Å². The highest BCUT2D eigenvalue weighted by molar-refractivity contribution is 7.04. The molecule has 4 N–H and O–H groups in total. The van der Waals surface area contributed by atoms with E-state index in [1.54, 1.807) is 21.0 Å². The molecule has 0 saturated heterocycles. The predicted molar refractivity (Wildman–Crippen MR) is 80.2 cm³/mol. The number of nitrogen functional groups attached to an aromatic ring is 1. The third-order valence-corrected chi connectivity index (χ3v) is 4.31. The summed E-state index contributed by atoms with van der Waals surface area (Å²) >= 11 is 1.16. The second kappa shape index (κ2) is 6.03. The zero-order valence-corrected chi connectivity index (χ0v) is 12.7. The fraction of sp³-hybridized carbons (Fsp3) is 0.462. The highest BCUT2D eigenvalue weighted by Crippen LogP contribution is 2.21. The Bertz CT molecular complexity index is 683. The van der Waals surface area contributed by atoms with Crippen molar-refractivity contribution in [3.05, 3.63) is 28.4 Å². The van der Waals surface area contributed by atoms with E-state index in [0.717, 1.165) is 23.6 Å². The van der Waals surface area contributed by atoms with Crippen LogP contribution in [0.5, 0.6) is 0 Å². The lowest BCUT2D eigenvalue weighted by Crippen LogP contribution is -2.31. The van der Waals surface area contributed by atoms with Crippen LogP contribution in [0.15, 0.2) is 11.4 Å². The third-order valence-electron chi connectivity index (χ3n) is 3.66. The average Bonchev–Trinajstić information content (AvgIpc) is 3.06. The number of carbonyl (C=O) groups is 1. The number of hydrogen-bond acceptors (Lipinski definition) is 7. The molecule has 1 unspecified atom stereocenters. The Morgan fingerprint density at radius 3 is 3.00 bits per heavy atom. The Balaban J connectivity index is 1.83. The first-order chi connectivity index (χ1) is 10.6. The minimum atomic E-state index is -1.000. The fourth-order valence-corrected chi connectivity index (χ4v) is 3.08. The second-order valence-corrected chi connectivity index (χ2v) is 5.80. The van der Waals surface area contributed by atoms with E-state index in [1.807, 2.05) is 0 Å². The molecule has 9 heteroatoms. The number of aryl methyl sites for hydroxylation is 1. The van der Waals surface area contributed by atoms with Crippen molar-refractivity contribution in [3.8, 4) is 0 Å². The molecule has 0 radical (unpaired) electrons. The first kappa shape index (κ1) is 14.9. The minimum absolute atomic E-state index is 0.148. The number of rotatable bonds is 3. The highest BCUT2D eigenvalue weighted by Gasteiger charge is 2.24. The summed E-state index contributed by atoms with van der Waals surface area (Å²) in [5, 5.41) is 24.6. The van der Waals surface area contributed by atoms with Crippen LogP contribution in [0.4, 0.5) is 5.82 Å². The quantitative estimate of drug-likeness (QED) is 0.731. The van der Waals surface area contributed by atoms with Crippen LogP contribution < -0.4 is 5.73 Å². The van der Waals surface area contributed by atoms with Crippen LogP contribution in [0, 0.1) is 0 Å². The maximum atomic E-state index is 12.5. The summed E-state index contributed by atoms with van der Waals surface area (Å²) in [6.45, 7) is 1.28. The Morgan fingerprint density at radius 1 is 1.50 bits per heavy atom. The smallest absolute Gasteiger partial charge is 0.258 e. The van der Waals surface area contributed by atoms with E-state index in [1.165, 1.54) is 0 Å². The van der Waals surface area contributed by atoms with Gasteiger partial charge in [0, 0.05) is 18.5 Å². The van der Waals surface area contributed by atoms with Gasteiger partial charge in [0.25, 0.3) is 5.91 Å². The van der Waals surface area contributed by atoms with Gasteiger partial charge in [0.1, 0.15) is 11.9 Å². The first-order valence-electron chi connectivity index (χ1n) is 6.95. The predicted octanol–water partition coefficient (Wildman–Crippen LogP) is -0.00640. The highest BCUT2D eigenvalue weighted by atomic mass is 32.1. The van der Waals surface area contributed by atoms with Crippen molar-refractivity contribution in [1.29, 1.82) is 0 Å². The van der Waals surface area contributed by atoms with Gasteiger partial charge in [0.2, 0.25) is 0 Å². The molecule has 0 aromatic carbocycles. The molecule has 0 bridgehead atoms. The van der Waals surface area contributed by atoms with Gasteiger partial charge in [-0.15, -0.1) is 0 Å². The zero-order chi connectivity index (χ0) is 15.7. The van der Waals surface area contributed by atoms with Gasteiger partial charge in [-0.2, -0.15) is 9.47 Å². The van der Waals surface area contributed by atoms with E-state index in [-0.39, 0.29) is 18.3 Å². The van der Waals surface area contributed by atoms with E-state index in [9.17, 15) is 9.90 Å². The standard InChI is InChI=1S/C13H17N5O3S/c14-12-9(7-22-16-12)13(21)17-2-1-3-18-8(5-17)4-10(15-18)11(20)6-19/h4,7,11,19-20H,1-3,5-6H2,(H2,14,16). The lowest BCUT2D eigenvalue weighted by atomic mass is 10.2. The number of aromatic nitrogens is 3. The van der Waals surface area contributed by atoms with Gasteiger partial charge >= 0.3 is 0 Å². The largest absolute Gasteiger partial charge is 0.393 e. The lowest BCUT2D eigenvalue weighted by molar-refractivity contribution is 0.0747. The summed E-state index contributed by atoms with van der Waals surface area (Å²) in [5.74, 6) is 0.106. The van der Waals surface area contributed by atoms with Crippen LogP contribution in [0.25, 0.3) is 0 Å². The Morgan fingerprint density at radius 2 is 2.32 bits per heavy atom. The van der Waals surface area contributed by atoms with E-state index in [2.05, 4.69) is 9.47 Å². The number of carbonyl (C=O) groups excluding carboxylic acids is 1. The monoisotopic (exact) mass is 323 g/mol. The summed E-state index contributed by atoms with van der Waals surface area (Å²) in [6, 6.07) is 1.72. The number of aliphatic hydroxyl groups is 2. The van der Waals surface area contributed by atoms with E-state index in [0.29, 0.717) is 30.9 Å². The molecule has 1 amide bonds. The van der Waals surface area contributed by atoms with Crippen molar-refractivity contribution < 1.29 is 15.0 Å². The van der Waals surface area contributed by atoms with Gasteiger partial charge in [-0.05, 0) is 24.0 Å². The molecule has 1 aliphatic heterocycles. The van der Waals surface area contributed by atoms with Crippen LogP contribution in [0.2, 0.25) is 0 Å². The first-order valence-corrected chi connectivity index (χ1v) is 7.78. The van der Waals surface area contributed by atoms with Crippen LogP contribution in [0.3, 0.4) is 0 Å². The normalized spacial score (nSPS) is 16.2. The van der Waals surface area contributed by atoms with Crippen LogP contribution in [-0.4, -0.2) is 48.3 Å². The molecule has 3 heterocycles. The topological polar surface area (TPSA) is 118 Å². The summed E-state index contributed by atoms with van der Waals surface area (Å²) in [7, 11) is 0. The molecule has 1 atom stereocenters. The number of anilines is 1. The van der Waals surface area contributed by atoms with Crippen molar-refractivity contribution in [3.63, 3.8) is 0 Å². The summed E-state index contributed by atoms with van der Waals surface area (Å²) in [6.07, 6.45) is -0.243. The third kappa shape index (κ3) is 2.70. The van der Waals surface area contributed by atoms with Gasteiger partial charge < -0.3 is 20.8 Å². The van der Waals surface area contributed by atoms with Crippen molar-refractivity contribution in [1.82, 2.24) is 19.1 Å². The van der Waals surface area contributed by atoms with Crippen molar-refractivity contribution in [2.24, 2.45) is 0 Å². The number of hydrogen-bond donors (Lipinski definition) is 3. The Hall–Kier alpha value is -1.97. The summed E-state index contributed by atoms with van der Waals surface area (Å²) in [4.78, 5) is 14.2. The van der Waals surface area contributed by atoms with Crippen molar-refractivity contribution in [2.45, 2.75) is 25.6 Å². The van der Waals surface area contributed by atoms with E-state index < -0.39 is 6.10 Å². The fourth-order valence-electron chi connectivity index (χ4n) is 2.49. The lowest BCUT2D eigenvalue weighted by Gasteiger charge is -2.19. The zero-order valence-electron chi connectivity index (χ0n) is 11.8. The molecule has 0 aliphatic carbocycles. The Kier molecular flexibility index (Phi) is 4.10. The molecular formula is C13H17N5O3S. The molecule has 2 aromatic heterocycles. The number of nitrogens with two attached hydrogens (primary N) is 1. The van der Waals surface area contributed by atoms with Crippen molar-refractivity contribution in [2.75, 3.05) is 18.9 Å². The molecule has 1 aliphatic rings. The minimum Gasteiger partial charge on any atom is -0.393 e. The molecule has 118 valence electrons. The van der Waals surface area contributed by atoms with Gasteiger partial charge in [-0.1, -0.05) is 0 Å². The van der Waals surface area contributed by atoms with Gasteiger partial charge in [0.15, 0.2) is 0 Å². The number of nitrogens with zero attached hydrogens (tertiary/aromatic N) is 4. The molecule has 2 aromatic rings. The molecule has 3 rings (SSSR count).